The van der Waals surface area contributed by atoms with Crippen molar-refractivity contribution in [3.63, 3.8) is 0 Å². The Morgan fingerprint density at radius 1 is 1.21 bits per heavy atom. The molecule has 0 radical (unpaired) electrons. The number of sulfonamides is 1. The fraction of sp³-hybridized carbons (Fsp3) is 0.350. The van der Waals surface area contributed by atoms with Gasteiger partial charge >= 0.3 is 0 Å². The second kappa shape index (κ2) is 8.81. The summed E-state index contributed by atoms with van der Waals surface area (Å²) in [6.45, 7) is 1.01. The van der Waals surface area contributed by atoms with Crippen molar-refractivity contribution in [2.24, 2.45) is 0 Å². The molecule has 8 heteroatoms. The van der Waals surface area contributed by atoms with E-state index in [1.54, 1.807) is 25.2 Å². The first-order valence-corrected chi connectivity index (χ1v) is 10.6. The molecular formula is C20H23FN2O4S. The molecule has 1 fully saturated rings. The summed E-state index contributed by atoms with van der Waals surface area (Å²) >= 11 is 0. The van der Waals surface area contributed by atoms with E-state index in [9.17, 15) is 17.6 Å². The molecule has 0 saturated carbocycles. The van der Waals surface area contributed by atoms with Gasteiger partial charge in [0.2, 0.25) is 10.0 Å². The number of nitrogens with zero attached hydrogens (tertiary/aromatic N) is 1. The Morgan fingerprint density at radius 2 is 1.93 bits per heavy atom. The molecule has 0 aromatic heterocycles. The first-order chi connectivity index (χ1) is 13.4. The smallest absolute Gasteiger partial charge is 0.253 e. The lowest BCUT2D eigenvalue weighted by molar-refractivity contribution is 0.0783. The molecule has 1 N–H and O–H groups in total. The predicted octanol–water partition coefficient (Wildman–Crippen LogP) is 2.56. The van der Waals surface area contributed by atoms with Crippen molar-refractivity contribution in [1.29, 1.82) is 0 Å². The van der Waals surface area contributed by atoms with E-state index < -0.39 is 10.0 Å². The van der Waals surface area contributed by atoms with Gasteiger partial charge in [0.25, 0.3) is 5.91 Å². The number of nitrogens with one attached hydrogen (secondary N) is 1. The summed E-state index contributed by atoms with van der Waals surface area (Å²) in [6, 6.07) is 12.0. The summed E-state index contributed by atoms with van der Waals surface area (Å²) in [5.74, 6) is -0.694. The second-order valence-electron chi connectivity index (χ2n) is 6.76. The summed E-state index contributed by atoms with van der Waals surface area (Å²) in [5.41, 5.74) is 0.743. The van der Waals surface area contributed by atoms with Crippen LogP contribution in [0, 0.1) is 5.82 Å². The van der Waals surface area contributed by atoms with Crippen LogP contribution in [0.1, 0.15) is 28.8 Å². The highest BCUT2D eigenvalue weighted by Crippen LogP contribution is 2.16. The van der Waals surface area contributed by atoms with E-state index in [2.05, 4.69) is 4.72 Å². The summed E-state index contributed by atoms with van der Waals surface area (Å²) in [7, 11) is -2.10. The van der Waals surface area contributed by atoms with Crippen LogP contribution in [-0.2, 0) is 21.3 Å². The van der Waals surface area contributed by atoms with Crippen LogP contribution >= 0.6 is 0 Å². The average molecular weight is 406 g/mol. The zero-order valence-electron chi connectivity index (χ0n) is 15.6. The highest BCUT2D eigenvalue weighted by molar-refractivity contribution is 7.89. The third-order valence-corrected chi connectivity index (χ3v) is 6.09. The summed E-state index contributed by atoms with van der Waals surface area (Å²) in [4.78, 5) is 14.0. The Bertz CT molecular complexity index is 925. The van der Waals surface area contributed by atoms with Crippen molar-refractivity contribution in [2.75, 3.05) is 20.2 Å². The Labute approximate surface area is 164 Å². The van der Waals surface area contributed by atoms with Crippen molar-refractivity contribution in [3.8, 4) is 0 Å². The molecule has 1 saturated heterocycles. The summed E-state index contributed by atoms with van der Waals surface area (Å²) < 4.78 is 46.5. The maximum atomic E-state index is 13.8. The van der Waals surface area contributed by atoms with E-state index in [0.29, 0.717) is 17.7 Å². The number of benzene rings is 2. The molecule has 1 amide bonds. The Balaban J connectivity index is 1.64. The number of ether oxygens (including phenoxy) is 1. The lowest BCUT2D eigenvalue weighted by atomic mass is 10.1. The fourth-order valence-corrected chi connectivity index (χ4v) is 4.11. The van der Waals surface area contributed by atoms with Crippen LogP contribution in [0.3, 0.4) is 0 Å². The van der Waals surface area contributed by atoms with Crippen LogP contribution in [-0.4, -0.2) is 45.5 Å². The first-order valence-electron chi connectivity index (χ1n) is 9.07. The van der Waals surface area contributed by atoms with E-state index in [4.69, 9.17) is 4.74 Å². The molecule has 0 aliphatic carbocycles. The summed E-state index contributed by atoms with van der Waals surface area (Å²) in [5, 5.41) is 0. The van der Waals surface area contributed by atoms with Crippen LogP contribution in [0.4, 0.5) is 4.39 Å². The monoisotopic (exact) mass is 406 g/mol. The zero-order valence-corrected chi connectivity index (χ0v) is 16.4. The largest absolute Gasteiger partial charge is 0.377 e. The van der Waals surface area contributed by atoms with Gasteiger partial charge in [-0.3, -0.25) is 4.79 Å². The summed E-state index contributed by atoms with van der Waals surface area (Å²) in [6.07, 6.45) is 1.68. The highest BCUT2D eigenvalue weighted by Gasteiger charge is 2.21. The standard InChI is InChI=1S/C20H23FN2O4S/c1-23(14-16-5-2-3-7-19(16)21)20(24)15-8-10-18(11-9-15)28(25,26)22-13-17-6-4-12-27-17/h2-3,5,7-11,17,22H,4,6,12-14H2,1H3. The molecule has 1 aliphatic rings. The highest BCUT2D eigenvalue weighted by atomic mass is 32.2. The van der Waals surface area contributed by atoms with Gasteiger partial charge in [-0.15, -0.1) is 0 Å². The van der Waals surface area contributed by atoms with Crippen LogP contribution in [0.2, 0.25) is 0 Å². The number of hydrogen-bond donors (Lipinski definition) is 1. The molecule has 150 valence electrons. The Hall–Kier alpha value is -2.29. The molecule has 0 spiro atoms. The minimum absolute atomic E-state index is 0.0822. The molecule has 1 atom stereocenters. The molecule has 0 bridgehead atoms. The van der Waals surface area contributed by atoms with Gasteiger partial charge in [-0.25, -0.2) is 17.5 Å². The van der Waals surface area contributed by atoms with Gasteiger partial charge < -0.3 is 9.64 Å². The third kappa shape index (κ3) is 4.95. The number of hydrogen-bond acceptors (Lipinski definition) is 4. The lowest BCUT2D eigenvalue weighted by Crippen LogP contribution is -2.32. The third-order valence-electron chi connectivity index (χ3n) is 4.65. The van der Waals surface area contributed by atoms with Crippen molar-refractivity contribution in [3.05, 3.63) is 65.5 Å². The molecule has 1 heterocycles. The number of halogens is 1. The van der Waals surface area contributed by atoms with Crippen LogP contribution in [0.25, 0.3) is 0 Å². The molecule has 1 aliphatic heterocycles. The van der Waals surface area contributed by atoms with Gasteiger partial charge in [0, 0.05) is 37.9 Å². The molecule has 28 heavy (non-hydrogen) atoms. The van der Waals surface area contributed by atoms with Gasteiger partial charge in [0.1, 0.15) is 5.82 Å². The minimum Gasteiger partial charge on any atom is -0.377 e. The van der Waals surface area contributed by atoms with Gasteiger partial charge in [0.05, 0.1) is 11.0 Å². The normalized spacial score (nSPS) is 16.9. The number of carbonyl (C=O) groups excluding carboxylic acids is 1. The lowest BCUT2D eigenvalue weighted by Gasteiger charge is -2.18. The van der Waals surface area contributed by atoms with Gasteiger partial charge in [-0.05, 0) is 43.2 Å². The van der Waals surface area contributed by atoms with E-state index in [1.165, 1.54) is 35.2 Å². The minimum atomic E-state index is -3.67. The predicted molar refractivity (Wildman–Crippen MR) is 103 cm³/mol. The van der Waals surface area contributed by atoms with E-state index in [0.717, 1.165) is 12.8 Å². The zero-order chi connectivity index (χ0) is 20.1. The first kappa shape index (κ1) is 20.4. The van der Waals surface area contributed by atoms with Crippen LogP contribution in [0.15, 0.2) is 53.4 Å². The van der Waals surface area contributed by atoms with Crippen molar-refractivity contribution in [2.45, 2.75) is 30.4 Å². The van der Waals surface area contributed by atoms with Crippen molar-refractivity contribution in [1.82, 2.24) is 9.62 Å². The maximum Gasteiger partial charge on any atom is 0.253 e. The van der Waals surface area contributed by atoms with Crippen molar-refractivity contribution >= 4 is 15.9 Å². The quantitative estimate of drug-likeness (QED) is 0.767. The van der Waals surface area contributed by atoms with Crippen LogP contribution in [0.5, 0.6) is 0 Å². The SMILES string of the molecule is CN(Cc1ccccc1F)C(=O)c1ccc(S(=O)(=O)NCC2CCCO2)cc1. The van der Waals surface area contributed by atoms with Crippen molar-refractivity contribution < 1.29 is 22.3 Å². The maximum absolute atomic E-state index is 13.8. The van der Waals surface area contributed by atoms with E-state index in [1.807, 2.05) is 0 Å². The number of carbonyl (C=O) groups is 1. The Morgan fingerprint density at radius 3 is 2.57 bits per heavy atom. The van der Waals surface area contributed by atoms with Gasteiger partial charge in [-0.2, -0.15) is 0 Å². The van der Waals surface area contributed by atoms with Crippen LogP contribution < -0.4 is 4.72 Å². The van der Waals surface area contributed by atoms with E-state index >= 15 is 0 Å². The number of rotatable bonds is 7. The molecule has 1 unspecified atom stereocenters. The molecule has 2 aromatic carbocycles. The fourth-order valence-electron chi connectivity index (χ4n) is 3.04. The second-order valence-corrected chi connectivity index (χ2v) is 8.53. The Kier molecular flexibility index (Phi) is 6.43. The number of amides is 1. The van der Waals surface area contributed by atoms with Gasteiger partial charge in [0.15, 0.2) is 0 Å². The van der Waals surface area contributed by atoms with E-state index in [-0.39, 0.29) is 35.8 Å². The topological polar surface area (TPSA) is 75.7 Å². The average Bonchev–Trinajstić information content (AvgIpc) is 3.21. The van der Waals surface area contributed by atoms with Gasteiger partial charge in [-0.1, -0.05) is 18.2 Å². The molecule has 6 nitrogen and oxygen atoms in total. The molecule has 2 aromatic rings. The molecular weight excluding hydrogens is 383 g/mol. The molecule has 3 rings (SSSR count).